The van der Waals surface area contributed by atoms with Gasteiger partial charge in [-0.1, -0.05) is 12.1 Å². The number of pyridine rings is 1. The lowest BCUT2D eigenvalue weighted by atomic mass is 9.95. The summed E-state index contributed by atoms with van der Waals surface area (Å²) in [6.45, 7) is 3.70. The SMILES string of the molecule is Cc1ccc(OC[C@@H]2CCN2C)cc1C(=O)NC1(c2cc(-c3ccc(C#N)s3)cc3ncccc23)CC1. The lowest BCUT2D eigenvalue weighted by Crippen LogP contribution is -2.48. The summed E-state index contributed by atoms with van der Waals surface area (Å²) < 4.78 is 6.04. The molecule has 1 amide bonds. The topological polar surface area (TPSA) is 78.2 Å². The molecule has 1 saturated heterocycles. The van der Waals surface area contributed by atoms with Crippen LogP contribution in [0.1, 0.15) is 45.6 Å². The van der Waals surface area contributed by atoms with E-state index in [1.54, 1.807) is 6.20 Å². The highest BCUT2D eigenvalue weighted by atomic mass is 32.1. The zero-order valence-electron chi connectivity index (χ0n) is 21.0. The Morgan fingerprint density at radius 1 is 1.24 bits per heavy atom. The van der Waals surface area contributed by atoms with Gasteiger partial charge in [-0.2, -0.15) is 5.26 Å². The molecule has 2 fully saturated rings. The lowest BCUT2D eigenvalue weighted by Gasteiger charge is -2.37. The number of likely N-dealkylation sites (tertiary alicyclic amines) is 1. The molecule has 4 aromatic rings. The number of carbonyl (C=O) groups is 1. The Hall–Kier alpha value is -3.73. The molecule has 3 heterocycles. The summed E-state index contributed by atoms with van der Waals surface area (Å²) in [6.07, 6.45) is 4.66. The second-order valence-corrected chi connectivity index (χ2v) is 11.2. The van der Waals surface area contributed by atoms with Crippen LogP contribution in [0, 0.1) is 18.3 Å². The molecule has 0 bridgehead atoms. The van der Waals surface area contributed by atoms with E-state index < -0.39 is 5.54 Å². The van der Waals surface area contributed by atoms with Crippen LogP contribution in [0.2, 0.25) is 0 Å². The van der Waals surface area contributed by atoms with Crippen LogP contribution in [0.15, 0.2) is 60.8 Å². The van der Waals surface area contributed by atoms with Crippen molar-refractivity contribution in [2.75, 3.05) is 20.2 Å². The van der Waals surface area contributed by atoms with E-state index >= 15 is 0 Å². The minimum atomic E-state index is -0.443. The number of hydrogen-bond donors (Lipinski definition) is 1. The number of carbonyl (C=O) groups excluding carboxylic acids is 1. The molecule has 2 aliphatic rings. The van der Waals surface area contributed by atoms with Crippen molar-refractivity contribution in [3.63, 3.8) is 0 Å². The van der Waals surface area contributed by atoms with Gasteiger partial charge >= 0.3 is 0 Å². The Morgan fingerprint density at radius 2 is 2.11 bits per heavy atom. The van der Waals surface area contributed by atoms with Crippen LogP contribution in [0.25, 0.3) is 21.3 Å². The van der Waals surface area contributed by atoms with E-state index in [1.807, 2.05) is 43.3 Å². The molecular weight excluding hydrogens is 480 g/mol. The van der Waals surface area contributed by atoms with Crippen LogP contribution in [0.3, 0.4) is 0 Å². The van der Waals surface area contributed by atoms with Crippen LogP contribution in [0.5, 0.6) is 5.75 Å². The second-order valence-electron chi connectivity index (χ2n) is 10.1. The second kappa shape index (κ2) is 9.29. The molecule has 186 valence electrons. The summed E-state index contributed by atoms with van der Waals surface area (Å²) in [5.74, 6) is 0.634. The van der Waals surface area contributed by atoms with Crippen LogP contribution >= 0.6 is 11.3 Å². The molecule has 0 radical (unpaired) electrons. The number of likely N-dealkylation sites (N-methyl/N-ethyl adjacent to an activating group) is 1. The van der Waals surface area contributed by atoms with Crippen molar-refractivity contribution in [1.82, 2.24) is 15.2 Å². The largest absolute Gasteiger partial charge is 0.492 e. The first kappa shape index (κ1) is 23.7. The molecule has 0 spiro atoms. The number of fused-ring (bicyclic) bond motifs is 1. The summed E-state index contributed by atoms with van der Waals surface area (Å²) in [5.41, 5.74) is 4.09. The van der Waals surface area contributed by atoms with Crippen LogP contribution in [-0.2, 0) is 5.54 Å². The van der Waals surface area contributed by atoms with Crippen molar-refractivity contribution in [1.29, 1.82) is 5.26 Å². The molecule has 6 rings (SSSR count). The van der Waals surface area contributed by atoms with Crippen molar-refractivity contribution in [3.8, 4) is 22.3 Å². The average Bonchev–Trinajstić information content (AvgIpc) is 3.52. The van der Waals surface area contributed by atoms with E-state index in [2.05, 4.69) is 46.5 Å². The van der Waals surface area contributed by atoms with Gasteiger partial charge in [0, 0.05) is 28.1 Å². The first-order valence-electron chi connectivity index (χ1n) is 12.6. The number of rotatable bonds is 7. The monoisotopic (exact) mass is 508 g/mol. The lowest BCUT2D eigenvalue weighted by molar-refractivity contribution is 0.0767. The summed E-state index contributed by atoms with van der Waals surface area (Å²) >= 11 is 1.47. The van der Waals surface area contributed by atoms with Crippen molar-refractivity contribution in [2.24, 2.45) is 0 Å². The molecule has 1 saturated carbocycles. The Balaban J connectivity index is 1.30. The van der Waals surface area contributed by atoms with Gasteiger partial charge in [0.05, 0.1) is 11.1 Å². The van der Waals surface area contributed by atoms with E-state index in [1.165, 1.54) is 11.3 Å². The fraction of sp³-hybridized carbons (Fsp3) is 0.300. The van der Waals surface area contributed by atoms with Crippen molar-refractivity contribution < 1.29 is 9.53 Å². The zero-order chi connectivity index (χ0) is 25.6. The third-order valence-corrected chi connectivity index (χ3v) is 8.71. The molecule has 1 N–H and O–H groups in total. The maximum atomic E-state index is 13.6. The first-order valence-corrected chi connectivity index (χ1v) is 13.4. The van der Waals surface area contributed by atoms with Crippen molar-refractivity contribution in [3.05, 3.63) is 82.4 Å². The smallest absolute Gasteiger partial charge is 0.252 e. The van der Waals surface area contributed by atoms with Gasteiger partial charge in [0.25, 0.3) is 5.91 Å². The Bertz CT molecular complexity index is 1550. The number of nitrogens with zero attached hydrogens (tertiary/aromatic N) is 3. The number of hydrogen-bond acceptors (Lipinski definition) is 6. The van der Waals surface area contributed by atoms with Crippen molar-refractivity contribution in [2.45, 2.75) is 37.8 Å². The summed E-state index contributed by atoms with van der Waals surface area (Å²) in [6, 6.07) is 20.5. The average molecular weight is 509 g/mol. The van der Waals surface area contributed by atoms with Gasteiger partial charge in [0.2, 0.25) is 0 Å². The molecule has 1 aliphatic heterocycles. The van der Waals surface area contributed by atoms with Crippen LogP contribution < -0.4 is 10.1 Å². The fourth-order valence-corrected chi connectivity index (χ4v) is 5.84. The van der Waals surface area contributed by atoms with E-state index in [4.69, 9.17) is 4.74 Å². The number of thiophene rings is 1. The fourth-order valence-electron chi connectivity index (χ4n) is 5.05. The van der Waals surface area contributed by atoms with E-state index in [0.717, 1.165) is 64.0 Å². The van der Waals surface area contributed by atoms with E-state index in [-0.39, 0.29) is 5.91 Å². The number of aromatic nitrogens is 1. The number of ether oxygens (including phenoxy) is 1. The molecule has 37 heavy (non-hydrogen) atoms. The maximum absolute atomic E-state index is 13.6. The number of benzene rings is 2. The molecular formula is C30H28N4O2S. The number of nitriles is 1. The molecule has 6 nitrogen and oxygen atoms in total. The molecule has 0 unspecified atom stereocenters. The number of amides is 1. The quantitative estimate of drug-likeness (QED) is 0.349. The van der Waals surface area contributed by atoms with Gasteiger partial charge in [0.15, 0.2) is 0 Å². The van der Waals surface area contributed by atoms with Crippen LogP contribution in [-0.4, -0.2) is 42.0 Å². The normalized spacial score (nSPS) is 18.1. The first-order chi connectivity index (χ1) is 18.0. The maximum Gasteiger partial charge on any atom is 0.252 e. The van der Waals surface area contributed by atoms with Gasteiger partial charge in [-0.3, -0.25) is 14.7 Å². The molecule has 7 heteroatoms. The Labute approximate surface area is 220 Å². The highest BCUT2D eigenvalue weighted by Gasteiger charge is 2.47. The Kier molecular flexibility index (Phi) is 5.94. The summed E-state index contributed by atoms with van der Waals surface area (Å²) in [4.78, 5) is 22.2. The summed E-state index contributed by atoms with van der Waals surface area (Å²) in [7, 11) is 2.11. The number of aryl methyl sites for hydroxylation is 1. The van der Waals surface area contributed by atoms with Crippen molar-refractivity contribution >= 4 is 28.1 Å². The third-order valence-electron chi connectivity index (χ3n) is 7.67. The molecule has 1 aliphatic carbocycles. The highest BCUT2D eigenvalue weighted by molar-refractivity contribution is 7.16. The van der Waals surface area contributed by atoms with Gasteiger partial charge in [-0.25, -0.2) is 0 Å². The van der Waals surface area contributed by atoms with Gasteiger partial charge in [-0.05, 0) is 98.9 Å². The molecule has 2 aromatic heterocycles. The van der Waals surface area contributed by atoms with E-state index in [9.17, 15) is 10.1 Å². The third kappa shape index (κ3) is 4.48. The van der Waals surface area contributed by atoms with E-state index in [0.29, 0.717) is 23.1 Å². The van der Waals surface area contributed by atoms with Gasteiger partial charge in [0.1, 0.15) is 23.3 Å². The minimum absolute atomic E-state index is 0.0912. The highest BCUT2D eigenvalue weighted by Crippen LogP contribution is 2.49. The zero-order valence-corrected chi connectivity index (χ0v) is 21.8. The standard InChI is InChI=1S/C30H28N4O2S/c1-19-5-6-22(36-18-21-9-13-34(21)2)16-25(19)29(35)33-30(10-11-30)26-14-20(28-8-7-23(17-31)37-28)15-27-24(26)4-3-12-32-27/h3-8,12,14-16,21H,9-11,13,18H2,1-2H3,(H,33,35)/t21-/m0/s1. The summed E-state index contributed by atoms with van der Waals surface area (Å²) in [5, 5.41) is 13.7. The van der Waals surface area contributed by atoms with Gasteiger partial charge < -0.3 is 10.1 Å². The molecule has 1 atom stereocenters. The predicted octanol–water partition coefficient (Wildman–Crippen LogP) is 5.65. The number of nitrogens with one attached hydrogen (secondary N) is 1. The van der Waals surface area contributed by atoms with Gasteiger partial charge in [-0.15, -0.1) is 11.3 Å². The Morgan fingerprint density at radius 3 is 2.81 bits per heavy atom. The molecule has 2 aromatic carbocycles. The van der Waals surface area contributed by atoms with Crippen LogP contribution in [0.4, 0.5) is 0 Å². The minimum Gasteiger partial charge on any atom is -0.492 e. The predicted molar refractivity (Wildman–Crippen MR) is 146 cm³/mol.